The standard InChI is InChI=1S/C20H20N2O2S/c1-12-13(2)24-19-14(12)7-6-8-15(19)20(23)22(3)11-18-21-16-9-4-5-10-17(16)25-18/h4-10,12-13H,11H2,1-3H3. The summed E-state index contributed by atoms with van der Waals surface area (Å²) in [6, 6.07) is 13.9. The third kappa shape index (κ3) is 2.78. The van der Waals surface area contributed by atoms with Crippen molar-refractivity contribution >= 4 is 27.5 Å². The van der Waals surface area contributed by atoms with Gasteiger partial charge in [0.25, 0.3) is 5.91 Å². The molecule has 2 atom stereocenters. The molecule has 0 aliphatic carbocycles. The molecule has 1 aromatic heterocycles. The smallest absolute Gasteiger partial charge is 0.257 e. The highest BCUT2D eigenvalue weighted by molar-refractivity contribution is 7.18. The van der Waals surface area contributed by atoms with Crippen molar-refractivity contribution in [3.8, 4) is 5.75 Å². The van der Waals surface area contributed by atoms with Crippen LogP contribution in [0.15, 0.2) is 42.5 Å². The van der Waals surface area contributed by atoms with Gasteiger partial charge >= 0.3 is 0 Å². The maximum Gasteiger partial charge on any atom is 0.257 e. The molecule has 2 aromatic carbocycles. The minimum atomic E-state index is -0.0302. The number of nitrogens with zero attached hydrogens (tertiary/aromatic N) is 2. The zero-order valence-electron chi connectivity index (χ0n) is 14.5. The highest BCUT2D eigenvalue weighted by atomic mass is 32.1. The van der Waals surface area contributed by atoms with E-state index in [0.717, 1.165) is 26.5 Å². The van der Waals surface area contributed by atoms with Gasteiger partial charge in [-0.2, -0.15) is 0 Å². The number of hydrogen-bond donors (Lipinski definition) is 0. The Kier molecular flexibility index (Phi) is 3.96. The van der Waals surface area contributed by atoms with Crippen LogP contribution in [-0.2, 0) is 6.54 Å². The van der Waals surface area contributed by atoms with Crippen molar-refractivity contribution in [1.82, 2.24) is 9.88 Å². The lowest BCUT2D eigenvalue weighted by molar-refractivity contribution is 0.0779. The molecule has 0 fully saturated rings. The van der Waals surface area contributed by atoms with Crippen LogP contribution in [0.1, 0.15) is 40.7 Å². The van der Waals surface area contributed by atoms with Gasteiger partial charge in [0.15, 0.2) is 0 Å². The van der Waals surface area contributed by atoms with E-state index < -0.39 is 0 Å². The van der Waals surface area contributed by atoms with E-state index in [1.54, 1.807) is 16.2 Å². The largest absolute Gasteiger partial charge is 0.489 e. The van der Waals surface area contributed by atoms with E-state index in [4.69, 9.17) is 4.74 Å². The number of carbonyl (C=O) groups excluding carboxylic acids is 1. The highest BCUT2D eigenvalue weighted by Crippen LogP contribution is 2.40. The molecule has 128 valence electrons. The van der Waals surface area contributed by atoms with Crippen molar-refractivity contribution in [2.75, 3.05) is 7.05 Å². The van der Waals surface area contributed by atoms with Gasteiger partial charge in [0.2, 0.25) is 0 Å². The predicted octanol–water partition coefficient (Wildman–Crippen LogP) is 4.45. The first-order valence-corrected chi connectivity index (χ1v) is 9.25. The Labute approximate surface area is 151 Å². The molecular formula is C20H20N2O2S. The summed E-state index contributed by atoms with van der Waals surface area (Å²) in [7, 11) is 1.82. The zero-order chi connectivity index (χ0) is 17.6. The molecule has 25 heavy (non-hydrogen) atoms. The molecule has 2 unspecified atom stereocenters. The average Bonchev–Trinajstić information content (AvgIpc) is 3.14. The Morgan fingerprint density at radius 3 is 2.80 bits per heavy atom. The first-order valence-electron chi connectivity index (χ1n) is 8.44. The van der Waals surface area contributed by atoms with Gasteiger partial charge in [-0.3, -0.25) is 4.79 Å². The van der Waals surface area contributed by atoms with Crippen molar-refractivity contribution in [3.05, 3.63) is 58.6 Å². The molecule has 0 bridgehead atoms. The fourth-order valence-electron chi connectivity index (χ4n) is 3.22. The Hall–Kier alpha value is -2.40. The van der Waals surface area contributed by atoms with Gasteiger partial charge in [0, 0.05) is 18.5 Å². The second-order valence-electron chi connectivity index (χ2n) is 6.57. The number of carbonyl (C=O) groups is 1. The van der Waals surface area contributed by atoms with Crippen molar-refractivity contribution in [1.29, 1.82) is 0 Å². The Bertz CT molecular complexity index is 917. The normalized spacial score (nSPS) is 18.8. The second-order valence-corrected chi connectivity index (χ2v) is 7.69. The molecule has 2 heterocycles. The highest BCUT2D eigenvalue weighted by Gasteiger charge is 2.31. The number of hydrogen-bond acceptors (Lipinski definition) is 4. The lowest BCUT2D eigenvalue weighted by atomic mass is 9.96. The number of fused-ring (bicyclic) bond motifs is 2. The van der Waals surface area contributed by atoms with Crippen LogP contribution in [0.3, 0.4) is 0 Å². The number of benzene rings is 2. The molecule has 0 saturated heterocycles. The quantitative estimate of drug-likeness (QED) is 0.699. The van der Waals surface area contributed by atoms with Crippen LogP contribution in [0.5, 0.6) is 5.75 Å². The lowest BCUT2D eigenvalue weighted by Crippen LogP contribution is -2.26. The minimum Gasteiger partial charge on any atom is -0.489 e. The van der Waals surface area contributed by atoms with E-state index in [2.05, 4.69) is 18.0 Å². The molecule has 3 aromatic rings. The summed E-state index contributed by atoms with van der Waals surface area (Å²) in [5.41, 5.74) is 2.74. The van der Waals surface area contributed by atoms with Crippen molar-refractivity contribution < 1.29 is 9.53 Å². The van der Waals surface area contributed by atoms with Crippen LogP contribution in [0, 0.1) is 0 Å². The summed E-state index contributed by atoms with van der Waals surface area (Å²) in [6.45, 7) is 4.67. The predicted molar refractivity (Wildman–Crippen MR) is 100 cm³/mol. The van der Waals surface area contributed by atoms with Gasteiger partial charge in [-0.15, -0.1) is 11.3 Å². The number of rotatable bonds is 3. The van der Waals surface area contributed by atoms with E-state index in [9.17, 15) is 4.79 Å². The molecule has 4 nitrogen and oxygen atoms in total. The number of para-hydroxylation sites is 2. The fourth-order valence-corrected chi connectivity index (χ4v) is 4.24. The number of aromatic nitrogens is 1. The van der Waals surface area contributed by atoms with Crippen LogP contribution in [0.2, 0.25) is 0 Å². The molecule has 1 aliphatic rings. The summed E-state index contributed by atoms with van der Waals surface area (Å²) < 4.78 is 7.10. The van der Waals surface area contributed by atoms with E-state index in [0.29, 0.717) is 18.0 Å². The van der Waals surface area contributed by atoms with Crippen molar-refractivity contribution in [2.45, 2.75) is 32.4 Å². The monoisotopic (exact) mass is 352 g/mol. The number of amides is 1. The van der Waals surface area contributed by atoms with Gasteiger partial charge in [-0.05, 0) is 25.1 Å². The lowest BCUT2D eigenvalue weighted by Gasteiger charge is -2.17. The van der Waals surface area contributed by atoms with E-state index >= 15 is 0 Å². The van der Waals surface area contributed by atoms with E-state index in [1.165, 1.54) is 0 Å². The van der Waals surface area contributed by atoms with Crippen LogP contribution in [0.25, 0.3) is 10.2 Å². The van der Waals surface area contributed by atoms with Crippen LogP contribution < -0.4 is 4.74 Å². The third-order valence-corrected chi connectivity index (χ3v) is 5.85. The van der Waals surface area contributed by atoms with Gasteiger partial charge in [-0.1, -0.05) is 31.2 Å². The molecule has 0 spiro atoms. The first kappa shape index (κ1) is 16.1. The second kappa shape index (κ2) is 6.15. The van der Waals surface area contributed by atoms with Crippen molar-refractivity contribution in [2.24, 2.45) is 0 Å². The Morgan fingerprint density at radius 1 is 1.20 bits per heavy atom. The summed E-state index contributed by atoms with van der Waals surface area (Å²) >= 11 is 1.63. The summed E-state index contributed by atoms with van der Waals surface area (Å²) in [4.78, 5) is 19.3. The summed E-state index contributed by atoms with van der Waals surface area (Å²) in [6.07, 6.45) is 0.0958. The van der Waals surface area contributed by atoms with E-state index in [-0.39, 0.29) is 12.0 Å². The molecule has 0 radical (unpaired) electrons. The van der Waals surface area contributed by atoms with Gasteiger partial charge in [0.1, 0.15) is 16.9 Å². The van der Waals surface area contributed by atoms with Crippen molar-refractivity contribution in [3.63, 3.8) is 0 Å². The molecule has 5 heteroatoms. The zero-order valence-corrected chi connectivity index (χ0v) is 15.3. The van der Waals surface area contributed by atoms with Gasteiger partial charge < -0.3 is 9.64 Å². The SMILES string of the molecule is CC1Oc2c(C(=O)N(C)Cc3nc4ccccc4s3)cccc2C1C. The van der Waals surface area contributed by atoms with E-state index in [1.807, 2.05) is 50.4 Å². The maximum atomic E-state index is 13.0. The molecule has 0 N–H and O–H groups in total. The van der Waals surface area contributed by atoms with Gasteiger partial charge in [-0.25, -0.2) is 4.98 Å². The van der Waals surface area contributed by atoms with Gasteiger partial charge in [0.05, 0.1) is 22.3 Å². The summed E-state index contributed by atoms with van der Waals surface area (Å²) in [5.74, 6) is 1.01. The molecule has 0 saturated carbocycles. The molecule has 4 rings (SSSR count). The third-order valence-electron chi connectivity index (χ3n) is 4.83. The summed E-state index contributed by atoms with van der Waals surface area (Å²) in [5, 5.41) is 0.937. The topological polar surface area (TPSA) is 42.4 Å². The Morgan fingerprint density at radius 2 is 2.00 bits per heavy atom. The minimum absolute atomic E-state index is 0.0302. The van der Waals surface area contributed by atoms with Crippen LogP contribution >= 0.6 is 11.3 Å². The molecular weight excluding hydrogens is 332 g/mol. The number of thiazole rings is 1. The Balaban J connectivity index is 1.59. The first-order chi connectivity index (χ1) is 12.0. The van der Waals surface area contributed by atoms with Crippen LogP contribution in [0.4, 0.5) is 0 Å². The average molecular weight is 352 g/mol. The van der Waals surface area contributed by atoms with Crippen LogP contribution in [-0.4, -0.2) is 28.9 Å². The number of ether oxygens (including phenoxy) is 1. The molecule has 1 amide bonds. The molecule has 1 aliphatic heterocycles. The maximum absolute atomic E-state index is 13.0. The fraction of sp³-hybridized carbons (Fsp3) is 0.300.